The molecule has 1 N–H and O–H groups in total. The van der Waals surface area contributed by atoms with Crippen LogP contribution < -0.4 is 9.62 Å². The Morgan fingerprint density at radius 1 is 1.17 bits per heavy atom. The summed E-state index contributed by atoms with van der Waals surface area (Å²) in [5.41, 5.74) is 1.42. The van der Waals surface area contributed by atoms with E-state index in [1.807, 2.05) is 0 Å². The molecule has 2 fully saturated rings. The summed E-state index contributed by atoms with van der Waals surface area (Å²) >= 11 is 12.4. The molecule has 1 atom stereocenters. The minimum atomic E-state index is -3.28. The summed E-state index contributed by atoms with van der Waals surface area (Å²) in [6.07, 6.45) is 5.97. The lowest BCUT2D eigenvalue weighted by atomic mass is 9.97. The van der Waals surface area contributed by atoms with Crippen LogP contribution in [0.4, 0.5) is 10.2 Å². The van der Waals surface area contributed by atoms with E-state index in [0.717, 1.165) is 69.6 Å². The van der Waals surface area contributed by atoms with Crippen molar-refractivity contribution in [3.63, 3.8) is 0 Å². The minimum absolute atomic E-state index is 0. The summed E-state index contributed by atoms with van der Waals surface area (Å²) < 4.78 is 39.4. The van der Waals surface area contributed by atoms with Gasteiger partial charge in [-0.15, -0.1) is 0 Å². The Hall–Kier alpha value is -1.49. The van der Waals surface area contributed by atoms with E-state index in [9.17, 15) is 12.8 Å². The number of likely N-dealkylation sites (tertiary alicyclic amines) is 1. The summed E-state index contributed by atoms with van der Waals surface area (Å²) in [5, 5.41) is 0.963. The van der Waals surface area contributed by atoms with Gasteiger partial charge < -0.3 is 4.90 Å². The largest absolute Gasteiger partial charge is 0.353 e. The zero-order chi connectivity index (χ0) is 25.9. The van der Waals surface area contributed by atoms with Gasteiger partial charge in [-0.3, -0.25) is 9.80 Å². The molecule has 0 bridgehead atoms. The second-order valence-electron chi connectivity index (χ2n) is 9.73. The van der Waals surface area contributed by atoms with Crippen molar-refractivity contribution in [2.75, 3.05) is 43.9 Å². The Morgan fingerprint density at radius 3 is 2.56 bits per heavy atom. The van der Waals surface area contributed by atoms with Gasteiger partial charge in [-0.1, -0.05) is 36.2 Å². The SMILES string of the molecule is CC[C@H]1CN(c2ncc(CNS(C)(=O)=O)cc2Cl)CCN1C1CCN(Cc2ccc(Cl)cc2F)CC1.[HH]. The van der Waals surface area contributed by atoms with Crippen molar-refractivity contribution in [2.45, 2.75) is 51.4 Å². The monoisotopic (exact) mass is 559 g/mol. The number of hydrogen-bond acceptors (Lipinski definition) is 6. The molecule has 0 unspecified atom stereocenters. The van der Waals surface area contributed by atoms with E-state index < -0.39 is 10.0 Å². The molecule has 2 aromatic rings. The first-order valence-corrected chi connectivity index (χ1v) is 15.0. The van der Waals surface area contributed by atoms with Gasteiger partial charge in [0.2, 0.25) is 10.0 Å². The summed E-state index contributed by atoms with van der Waals surface area (Å²) in [6.45, 7) is 7.50. The van der Waals surface area contributed by atoms with E-state index in [-0.39, 0.29) is 13.8 Å². The van der Waals surface area contributed by atoms with Crippen LogP contribution in [0.2, 0.25) is 10.0 Å². The molecule has 2 aliphatic heterocycles. The van der Waals surface area contributed by atoms with Gasteiger partial charge in [0.1, 0.15) is 11.6 Å². The summed E-state index contributed by atoms with van der Waals surface area (Å²) in [7, 11) is -3.28. The molecule has 0 spiro atoms. The van der Waals surface area contributed by atoms with E-state index in [4.69, 9.17) is 23.2 Å². The standard InChI is InChI=1S/C25H34Cl2FN5O2S.H2/c1-3-21-17-32(25-23(27)12-18(14-29-25)15-30-36(2,34)35)10-11-33(21)22-6-8-31(9-7-22)16-19-4-5-20(26)13-24(19)28;/h4-5,12-14,21-22,30H,3,6-11,15-17H2,1-2H3;1H/t21-;/m0./s1. The van der Waals surface area contributed by atoms with Gasteiger partial charge in [0.25, 0.3) is 0 Å². The predicted molar refractivity (Wildman–Crippen MR) is 146 cm³/mol. The Bertz CT molecular complexity index is 1170. The number of piperidine rings is 1. The fourth-order valence-corrected chi connectivity index (χ4v) is 6.12. The van der Waals surface area contributed by atoms with Crippen LogP contribution in [0, 0.1) is 5.82 Å². The van der Waals surface area contributed by atoms with E-state index >= 15 is 0 Å². The number of sulfonamides is 1. The van der Waals surface area contributed by atoms with Crippen LogP contribution in [-0.2, 0) is 23.1 Å². The maximum absolute atomic E-state index is 14.2. The van der Waals surface area contributed by atoms with E-state index in [0.29, 0.717) is 34.2 Å². The van der Waals surface area contributed by atoms with E-state index in [1.54, 1.807) is 24.4 Å². The minimum Gasteiger partial charge on any atom is -0.353 e. The van der Waals surface area contributed by atoms with Crippen molar-refractivity contribution in [3.05, 3.63) is 57.5 Å². The van der Waals surface area contributed by atoms with Crippen LogP contribution in [-0.4, -0.2) is 74.3 Å². The van der Waals surface area contributed by atoms with Crippen molar-refractivity contribution >= 4 is 39.0 Å². The van der Waals surface area contributed by atoms with Gasteiger partial charge in [-0.05, 0) is 56.1 Å². The average molecular weight is 561 g/mol. The van der Waals surface area contributed by atoms with E-state index in [1.165, 1.54) is 6.07 Å². The van der Waals surface area contributed by atoms with Crippen LogP contribution >= 0.6 is 23.2 Å². The number of rotatable bonds is 8. The molecule has 0 saturated carbocycles. The van der Waals surface area contributed by atoms with Crippen LogP contribution in [0.5, 0.6) is 0 Å². The third kappa shape index (κ3) is 7.08. The van der Waals surface area contributed by atoms with Crippen molar-refractivity contribution in [1.82, 2.24) is 19.5 Å². The van der Waals surface area contributed by atoms with Crippen molar-refractivity contribution in [3.8, 4) is 0 Å². The number of nitrogens with one attached hydrogen (secondary N) is 1. The summed E-state index contributed by atoms with van der Waals surface area (Å²) in [5.74, 6) is 0.511. The number of pyridine rings is 1. The molecule has 1 aromatic carbocycles. The third-order valence-electron chi connectivity index (χ3n) is 7.15. The predicted octanol–water partition coefficient (Wildman–Crippen LogP) is 4.39. The molecule has 4 rings (SSSR count). The fourth-order valence-electron chi connectivity index (χ4n) is 5.22. The Morgan fingerprint density at radius 2 is 1.92 bits per heavy atom. The van der Waals surface area contributed by atoms with Gasteiger partial charge in [-0.25, -0.2) is 22.5 Å². The summed E-state index contributed by atoms with van der Waals surface area (Å²) in [4.78, 5) is 11.8. The van der Waals surface area contributed by atoms with Crippen LogP contribution in [0.15, 0.2) is 30.5 Å². The molecular formula is C25H36Cl2FN5O2S. The molecule has 3 heterocycles. The average Bonchev–Trinajstić information content (AvgIpc) is 2.84. The molecule has 0 aliphatic carbocycles. The number of halogens is 3. The molecule has 11 heteroatoms. The number of piperazine rings is 1. The number of nitrogens with zero attached hydrogens (tertiary/aromatic N) is 4. The van der Waals surface area contributed by atoms with E-state index in [2.05, 4.69) is 31.3 Å². The van der Waals surface area contributed by atoms with Gasteiger partial charge in [0.15, 0.2) is 0 Å². The molecule has 7 nitrogen and oxygen atoms in total. The molecule has 2 aliphatic rings. The Labute approximate surface area is 225 Å². The van der Waals surface area contributed by atoms with Gasteiger partial charge >= 0.3 is 0 Å². The number of anilines is 1. The lowest BCUT2D eigenvalue weighted by molar-refractivity contribution is 0.0607. The number of benzene rings is 1. The highest BCUT2D eigenvalue weighted by molar-refractivity contribution is 7.88. The highest BCUT2D eigenvalue weighted by Gasteiger charge is 2.34. The van der Waals surface area contributed by atoms with Crippen molar-refractivity contribution in [1.29, 1.82) is 0 Å². The first-order valence-electron chi connectivity index (χ1n) is 12.4. The van der Waals surface area contributed by atoms with Gasteiger partial charge in [0.05, 0.1) is 11.3 Å². The molecule has 200 valence electrons. The Balaban J connectivity index is 0.00000380. The maximum Gasteiger partial charge on any atom is 0.209 e. The normalized spacial score (nSPS) is 20.7. The lowest BCUT2D eigenvalue weighted by Crippen LogP contribution is -2.58. The van der Waals surface area contributed by atoms with Crippen LogP contribution in [0.3, 0.4) is 0 Å². The number of hydrogen-bond donors (Lipinski definition) is 1. The zero-order valence-corrected chi connectivity index (χ0v) is 23.1. The van der Waals surface area contributed by atoms with Gasteiger partial charge in [0, 0.05) is 63.0 Å². The second kappa shape index (κ2) is 11.9. The number of aromatic nitrogens is 1. The Kier molecular flexibility index (Phi) is 9.12. The third-order valence-corrected chi connectivity index (χ3v) is 8.33. The smallest absolute Gasteiger partial charge is 0.209 e. The molecule has 0 radical (unpaired) electrons. The van der Waals surface area contributed by atoms with Crippen molar-refractivity contribution < 1.29 is 14.2 Å². The highest BCUT2D eigenvalue weighted by atomic mass is 35.5. The molecule has 1 aromatic heterocycles. The fraction of sp³-hybridized carbons (Fsp3) is 0.560. The first kappa shape index (κ1) is 27.5. The zero-order valence-electron chi connectivity index (χ0n) is 20.8. The molecule has 36 heavy (non-hydrogen) atoms. The summed E-state index contributed by atoms with van der Waals surface area (Å²) in [6, 6.07) is 7.61. The quantitative estimate of drug-likeness (QED) is 0.517. The van der Waals surface area contributed by atoms with Crippen LogP contribution in [0.1, 0.15) is 38.7 Å². The first-order chi connectivity index (χ1) is 17.1. The maximum atomic E-state index is 14.2. The second-order valence-corrected chi connectivity index (χ2v) is 12.4. The molecular weight excluding hydrogens is 524 g/mol. The highest BCUT2D eigenvalue weighted by Crippen LogP contribution is 2.30. The van der Waals surface area contributed by atoms with Crippen LogP contribution in [0.25, 0.3) is 0 Å². The van der Waals surface area contributed by atoms with Crippen molar-refractivity contribution in [2.24, 2.45) is 0 Å². The molecule has 2 saturated heterocycles. The van der Waals surface area contributed by atoms with Gasteiger partial charge in [-0.2, -0.15) is 0 Å². The lowest BCUT2D eigenvalue weighted by Gasteiger charge is -2.47. The topological polar surface area (TPSA) is 68.8 Å². The molecule has 0 amide bonds.